The van der Waals surface area contributed by atoms with Gasteiger partial charge in [-0.15, -0.1) is 0 Å². The molecule has 0 fully saturated rings. The summed E-state index contributed by atoms with van der Waals surface area (Å²) in [5.74, 6) is -0.252. The standard InChI is InChI=1S/C25H29NO6/c1-16(2)5-9-20-18(14-19(27)15-22(20)31-3)8-6-17-7-10-21(23(13-17)32-4)26-24(28)11-12-25(29)30/h5-8,10,13-15,27H,9,11-12H2,1-4H3,(H,26,28)(H,29,30). The first-order valence-corrected chi connectivity index (χ1v) is 10.1. The number of carbonyl (C=O) groups excluding carboxylic acids is 1. The van der Waals surface area contributed by atoms with Crippen LogP contribution >= 0.6 is 0 Å². The van der Waals surface area contributed by atoms with Gasteiger partial charge in [0.15, 0.2) is 0 Å². The van der Waals surface area contributed by atoms with Gasteiger partial charge in [-0.25, -0.2) is 0 Å². The van der Waals surface area contributed by atoms with Crippen molar-refractivity contribution in [3.8, 4) is 17.2 Å². The zero-order valence-electron chi connectivity index (χ0n) is 18.8. The van der Waals surface area contributed by atoms with Crippen LogP contribution in [0.3, 0.4) is 0 Å². The maximum Gasteiger partial charge on any atom is 0.303 e. The molecule has 0 bridgehead atoms. The summed E-state index contributed by atoms with van der Waals surface area (Å²) >= 11 is 0. The highest BCUT2D eigenvalue weighted by atomic mass is 16.5. The maximum atomic E-state index is 11.9. The lowest BCUT2D eigenvalue weighted by Crippen LogP contribution is -2.13. The number of amides is 1. The molecule has 0 aliphatic carbocycles. The van der Waals surface area contributed by atoms with Crippen LogP contribution in [0.1, 0.15) is 43.4 Å². The Morgan fingerprint density at radius 3 is 2.34 bits per heavy atom. The largest absolute Gasteiger partial charge is 0.508 e. The number of carboxylic acids is 1. The second-order valence-corrected chi connectivity index (χ2v) is 7.44. The molecule has 3 N–H and O–H groups in total. The molecule has 0 saturated heterocycles. The molecule has 0 aliphatic rings. The summed E-state index contributed by atoms with van der Waals surface area (Å²) in [6, 6.07) is 8.54. The van der Waals surface area contributed by atoms with Crippen LogP contribution in [-0.4, -0.2) is 36.3 Å². The molecule has 0 unspecified atom stereocenters. The van der Waals surface area contributed by atoms with Crippen LogP contribution in [0.5, 0.6) is 17.2 Å². The van der Waals surface area contributed by atoms with Crippen molar-refractivity contribution in [2.75, 3.05) is 19.5 Å². The van der Waals surface area contributed by atoms with Gasteiger partial charge in [-0.05, 0) is 49.6 Å². The van der Waals surface area contributed by atoms with Gasteiger partial charge in [0.2, 0.25) is 5.91 Å². The summed E-state index contributed by atoms with van der Waals surface area (Å²) in [4.78, 5) is 22.6. The Morgan fingerprint density at radius 2 is 1.72 bits per heavy atom. The molecule has 2 rings (SSSR count). The summed E-state index contributed by atoms with van der Waals surface area (Å²) in [5, 5.41) is 21.5. The second kappa shape index (κ2) is 11.6. The number of hydrogen-bond acceptors (Lipinski definition) is 5. The van der Waals surface area contributed by atoms with Gasteiger partial charge in [0, 0.05) is 18.1 Å². The lowest BCUT2D eigenvalue weighted by atomic mass is 10.00. The third-order valence-electron chi connectivity index (χ3n) is 4.68. The predicted molar refractivity (Wildman–Crippen MR) is 125 cm³/mol. The highest BCUT2D eigenvalue weighted by molar-refractivity contribution is 5.94. The lowest BCUT2D eigenvalue weighted by molar-refractivity contribution is -0.138. The topological polar surface area (TPSA) is 105 Å². The van der Waals surface area contributed by atoms with Gasteiger partial charge in [-0.1, -0.05) is 29.9 Å². The number of phenolic OH excluding ortho intramolecular Hbond substituents is 1. The molecule has 0 aromatic heterocycles. The van der Waals surface area contributed by atoms with E-state index in [1.54, 1.807) is 31.4 Å². The molecule has 2 aromatic carbocycles. The van der Waals surface area contributed by atoms with Crippen LogP contribution < -0.4 is 14.8 Å². The second-order valence-electron chi connectivity index (χ2n) is 7.44. The van der Waals surface area contributed by atoms with E-state index in [9.17, 15) is 14.7 Å². The van der Waals surface area contributed by atoms with Gasteiger partial charge in [-0.2, -0.15) is 0 Å². The first-order valence-electron chi connectivity index (χ1n) is 10.1. The first-order chi connectivity index (χ1) is 15.2. The number of ether oxygens (including phenoxy) is 2. The van der Waals surface area contributed by atoms with Crippen molar-refractivity contribution in [3.05, 3.63) is 58.7 Å². The monoisotopic (exact) mass is 439 g/mol. The molecule has 0 heterocycles. The molecule has 1 amide bonds. The number of anilines is 1. The SMILES string of the molecule is COc1cc(C=Cc2cc(O)cc(OC)c2CC=C(C)C)ccc1NC(=O)CCC(=O)O. The minimum atomic E-state index is -1.03. The summed E-state index contributed by atoms with van der Waals surface area (Å²) in [7, 11) is 3.07. The number of methoxy groups -OCH3 is 2. The van der Waals surface area contributed by atoms with Crippen molar-refractivity contribution in [2.45, 2.75) is 33.1 Å². The third-order valence-corrected chi connectivity index (χ3v) is 4.68. The van der Waals surface area contributed by atoms with E-state index in [1.807, 2.05) is 32.1 Å². The Balaban J connectivity index is 2.30. The molecule has 0 saturated carbocycles. The highest BCUT2D eigenvalue weighted by Crippen LogP contribution is 2.31. The molecule has 170 valence electrons. The van der Waals surface area contributed by atoms with E-state index in [0.717, 1.165) is 16.7 Å². The fourth-order valence-electron chi connectivity index (χ4n) is 3.04. The number of carbonyl (C=O) groups is 2. The van der Waals surface area contributed by atoms with Gasteiger partial charge < -0.3 is 25.0 Å². The number of nitrogens with one attached hydrogen (secondary N) is 1. The maximum absolute atomic E-state index is 11.9. The number of hydrogen-bond donors (Lipinski definition) is 3. The number of carboxylic acid groups (broad SMARTS) is 1. The number of aliphatic carboxylic acids is 1. The molecule has 7 heteroatoms. The van der Waals surface area contributed by atoms with Crippen molar-refractivity contribution >= 4 is 29.7 Å². The van der Waals surface area contributed by atoms with E-state index in [4.69, 9.17) is 14.6 Å². The van der Waals surface area contributed by atoms with Gasteiger partial charge >= 0.3 is 5.97 Å². The van der Waals surface area contributed by atoms with Gasteiger partial charge in [0.1, 0.15) is 17.2 Å². The minimum Gasteiger partial charge on any atom is -0.508 e. The number of allylic oxidation sites excluding steroid dienone is 2. The molecule has 0 aliphatic heterocycles. The summed E-state index contributed by atoms with van der Waals surface area (Å²) in [5.41, 5.74) is 4.24. The summed E-state index contributed by atoms with van der Waals surface area (Å²) in [6.07, 6.45) is 6.16. The molecule has 32 heavy (non-hydrogen) atoms. The number of benzene rings is 2. The molecule has 0 radical (unpaired) electrons. The van der Waals surface area contributed by atoms with E-state index in [-0.39, 0.29) is 18.6 Å². The molecular formula is C25H29NO6. The normalized spacial score (nSPS) is 10.6. The lowest BCUT2D eigenvalue weighted by Gasteiger charge is -2.12. The number of aromatic hydroxyl groups is 1. The van der Waals surface area contributed by atoms with Gasteiger partial charge in [0.05, 0.1) is 26.3 Å². The van der Waals surface area contributed by atoms with Crippen LogP contribution in [0.25, 0.3) is 12.2 Å². The fourth-order valence-corrected chi connectivity index (χ4v) is 3.04. The Hall–Kier alpha value is -3.74. The fraction of sp³-hybridized carbons (Fsp3) is 0.280. The molecule has 0 atom stereocenters. The van der Waals surface area contributed by atoms with E-state index in [0.29, 0.717) is 23.6 Å². The molecule has 0 spiro atoms. The smallest absolute Gasteiger partial charge is 0.303 e. The van der Waals surface area contributed by atoms with Crippen LogP contribution in [0.2, 0.25) is 0 Å². The van der Waals surface area contributed by atoms with Crippen molar-refractivity contribution < 1.29 is 29.3 Å². The van der Waals surface area contributed by atoms with Crippen molar-refractivity contribution in [3.63, 3.8) is 0 Å². The zero-order chi connectivity index (χ0) is 23.7. The van der Waals surface area contributed by atoms with E-state index >= 15 is 0 Å². The average Bonchev–Trinajstić information content (AvgIpc) is 2.75. The van der Waals surface area contributed by atoms with Crippen molar-refractivity contribution in [1.82, 2.24) is 0 Å². The predicted octanol–water partition coefficient (Wildman–Crippen LogP) is 4.89. The molecule has 7 nitrogen and oxygen atoms in total. The Kier molecular flexibility index (Phi) is 8.89. The summed E-state index contributed by atoms with van der Waals surface area (Å²) in [6.45, 7) is 4.05. The van der Waals surface area contributed by atoms with Gasteiger partial charge in [0.25, 0.3) is 0 Å². The van der Waals surface area contributed by atoms with Crippen LogP contribution in [0.15, 0.2) is 42.0 Å². The van der Waals surface area contributed by atoms with Gasteiger partial charge in [-0.3, -0.25) is 9.59 Å². The zero-order valence-corrected chi connectivity index (χ0v) is 18.8. The number of rotatable bonds is 10. The Bertz CT molecular complexity index is 1030. The molecule has 2 aromatic rings. The van der Waals surface area contributed by atoms with E-state index < -0.39 is 11.9 Å². The highest BCUT2D eigenvalue weighted by Gasteiger charge is 2.11. The van der Waals surface area contributed by atoms with E-state index in [2.05, 4.69) is 11.4 Å². The quantitative estimate of drug-likeness (QED) is 0.360. The van der Waals surface area contributed by atoms with Crippen LogP contribution in [0.4, 0.5) is 5.69 Å². The van der Waals surface area contributed by atoms with Crippen molar-refractivity contribution in [1.29, 1.82) is 0 Å². The number of phenols is 1. The Labute approximate surface area is 188 Å². The minimum absolute atomic E-state index is 0.111. The molecular weight excluding hydrogens is 410 g/mol. The third kappa shape index (κ3) is 7.19. The Morgan fingerprint density at radius 1 is 1.00 bits per heavy atom. The first kappa shape index (κ1) is 24.5. The van der Waals surface area contributed by atoms with Crippen LogP contribution in [-0.2, 0) is 16.0 Å². The summed E-state index contributed by atoms with van der Waals surface area (Å²) < 4.78 is 10.8. The van der Waals surface area contributed by atoms with Crippen molar-refractivity contribution in [2.24, 2.45) is 0 Å². The average molecular weight is 440 g/mol. The van der Waals surface area contributed by atoms with E-state index in [1.165, 1.54) is 12.7 Å². The van der Waals surface area contributed by atoms with Crippen LogP contribution in [0, 0.1) is 0 Å².